The fraction of sp³-hybridized carbons (Fsp3) is 0. The van der Waals surface area contributed by atoms with E-state index in [1.54, 1.807) is 0 Å². The van der Waals surface area contributed by atoms with Crippen molar-refractivity contribution in [3.63, 3.8) is 0 Å². The van der Waals surface area contributed by atoms with E-state index in [0.29, 0.717) is 0 Å². The van der Waals surface area contributed by atoms with Crippen LogP contribution < -0.4 is 3.07 Å². The first kappa shape index (κ1) is 12.8. The Kier molecular flexibility index (Phi) is 7.61. The molecule has 0 radical (unpaired) electrons. The smallest absolute Gasteiger partial charge is 0.291 e. The van der Waals surface area contributed by atoms with Gasteiger partial charge < -0.3 is 5.21 Å². The molecule has 0 aromatic heterocycles. The van der Waals surface area contributed by atoms with Crippen molar-refractivity contribution in [2.75, 3.05) is 0 Å². The molecule has 7 nitrogen and oxygen atoms in total. The van der Waals surface area contributed by atoms with Crippen LogP contribution >= 0.6 is 0 Å². The molecule has 8 heteroatoms. The third-order valence-electron chi connectivity index (χ3n) is 1.13. The minimum absolute atomic E-state index is 1.17. The molecular weight excluding hydrogens is 381 g/mol. The van der Waals surface area contributed by atoms with E-state index in [4.69, 9.17) is 15.3 Å². The van der Waals surface area contributed by atoms with E-state index >= 15 is 0 Å². The van der Waals surface area contributed by atoms with Gasteiger partial charge in [-0.15, -0.1) is 10.1 Å². The average Bonchev–Trinajstić information content (AvgIpc) is 2.15. The SMILES string of the molecule is O=N[O][Hg][c]1ccccc1.O=[N+]([O-])O. The largest absolute Gasteiger partial charge is 0.328 e. The van der Waals surface area contributed by atoms with Crippen molar-refractivity contribution >= 4 is 3.07 Å². The molecule has 0 spiro atoms. The zero-order valence-electron chi connectivity index (χ0n) is 7.07. The number of hydrogen-bond acceptors (Lipinski definition) is 5. The summed E-state index contributed by atoms with van der Waals surface area (Å²) in [7, 11) is 0. The molecule has 1 N–H and O–H groups in total. The summed E-state index contributed by atoms with van der Waals surface area (Å²) >= 11 is -1.58. The number of nitrogens with zero attached hydrogens (tertiary/aromatic N) is 2. The summed E-state index contributed by atoms with van der Waals surface area (Å²) in [4.78, 5) is 17.9. The summed E-state index contributed by atoms with van der Waals surface area (Å²) in [5.74, 6) is 0. The van der Waals surface area contributed by atoms with Gasteiger partial charge in [-0.2, -0.15) is 0 Å². The van der Waals surface area contributed by atoms with Crippen molar-refractivity contribution in [2.45, 2.75) is 0 Å². The molecule has 0 bridgehead atoms. The Bertz CT molecular complexity index is 277. The van der Waals surface area contributed by atoms with E-state index in [9.17, 15) is 4.91 Å². The van der Waals surface area contributed by atoms with Crippen molar-refractivity contribution in [2.24, 2.45) is 5.34 Å². The maximum Gasteiger partial charge on any atom is 0.291 e. The van der Waals surface area contributed by atoms with Gasteiger partial charge in [-0.05, 0) is 0 Å². The molecule has 14 heavy (non-hydrogen) atoms. The quantitative estimate of drug-likeness (QED) is 0.356. The molecule has 0 unspecified atom stereocenters. The van der Waals surface area contributed by atoms with Crippen molar-refractivity contribution in [1.82, 2.24) is 0 Å². The van der Waals surface area contributed by atoms with Crippen LogP contribution in [0.1, 0.15) is 0 Å². The normalized spacial score (nSPS) is 7.43. The van der Waals surface area contributed by atoms with Crippen molar-refractivity contribution in [1.29, 1.82) is 0 Å². The van der Waals surface area contributed by atoms with Crippen LogP contribution in [0.2, 0.25) is 0 Å². The Morgan fingerprint density at radius 1 is 1.43 bits per heavy atom. The first-order chi connectivity index (χ1) is 6.66. The molecule has 72 valence electrons. The molecule has 0 saturated carbocycles. The molecular formula is C6H6HgN2O5. The van der Waals surface area contributed by atoms with Gasteiger partial charge in [-0.25, -0.2) is 0 Å². The summed E-state index contributed by atoms with van der Waals surface area (Å²) in [5, 5.41) is 16.0. The first-order valence-electron chi connectivity index (χ1n) is 3.48. The van der Waals surface area contributed by atoms with Gasteiger partial charge in [0.15, 0.2) is 0 Å². The van der Waals surface area contributed by atoms with E-state index < -0.39 is 30.1 Å². The summed E-state index contributed by atoms with van der Waals surface area (Å²) in [5.41, 5.74) is 0. The van der Waals surface area contributed by atoms with Crippen LogP contribution in [-0.2, 0) is 27.8 Å². The third kappa shape index (κ3) is 8.85. The number of rotatable bonds is 3. The van der Waals surface area contributed by atoms with Gasteiger partial charge in [-0.1, -0.05) is 0 Å². The number of benzene rings is 1. The monoisotopic (exact) mass is 388 g/mol. The standard InChI is InChI=1S/C6H5.Hg.HNO3.HNO2/c1-2-4-6-5-3-1;;2-1(3)4;2-1-3/h1-5H;;(H,2,3,4);(H,2,3)/q;+1;;/p-1. The zero-order chi connectivity index (χ0) is 10.8. The molecule has 1 aromatic rings. The predicted molar refractivity (Wildman–Crippen MR) is 41.7 cm³/mol. The van der Waals surface area contributed by atoms with E-state index in [2.05, 4.69) is 8.09 Å². The van der Waals surface area contributed by atoms with E-state index in [-0.39, 0.29) is 0 Å². The third-order valence-corrected chi connectivity index (χ3v) is 5.17. The van der Waals surface area contributed by atoms with E-state index in [1.807, 2.05) is 30.3 Å². The predicted octanol–water partition coefficient (Wildman–Crippen LogP) is 0.660. The topological polar surface area (TPSA) is 102 Å². The molecule has 0 fully saturated rings. The van der Waals surface area contributed by atoms with Crippen molar-refractivity contribution in [3.05, 3.63) is 45.4 Å². The maximum atomic E-state index is 9.56. The fourth-order valence-corrected chi connectivity index (χ4v) is 3.27. The Hall–Kier alpha value is -1.24. The summed E-state index contributed by atoms with van der Waals surface area (Å²) in [6.07, 6.45) is 0. The summed E-state index contributed by atoms with van der Waals surface area (Å²) < 4.78 is 5.68. The van der Waals surface area contributed by atoms with Crippen LogP contribution in [-0.4, -0.2) is 10.3 Å². The van der Waals surface area contributed by atoms with Gasteiger partial charge in [-0.3, -0.25) is 0 Å². The molecule has 0 heterocycles. The Labute approximate surface area is 91.8 Å². The molecule has 0 aliphatic heterocycles. The van der Waals surface area contributed by atoms with Gasteiger partial charge in [0.1, 0.15) is 0 Å². The molecule has 0 amide bonds. The first-order valence-corrected chi connectivity index (χ1v) is 8.48. The maximum absolute atomic E-state index is 9.56. The van der Waals surface area contributed by atoms with Crippen LogP contribution in [0, 0.1) is 15.0 Å². The van der Waals surface area contributed by atoms with E-state index in [1.165, 1.54) is 3.07 Å². The van der Waals surface area contributed by atoms with Crippen LogP contribution in [0.25, 0.3) is 0 Å². The Balaban J connectivity index is 0.000000364. The molecule has 1 aromatic carbocycles. The summed E-state index contributed by atoms with van der Waals surface area (Å²) in [6.45, 7) is 0. The van der Waals surface area contributed by atoms with Gasteiger partial charge >= 0.3 is 71.4 Å². The molecule has 0 atom stereocenters. The summed E-state index contributed by atoms with van der Waals surface area (Å²) in [6, 6.07) is 9.73. The van der Waals surface area contributed by atoms with Crippen LogP contribution in [0.15, 0.2) is 35.7 Å². The zero-order valence-corrected chi connectivity index (χ0v) is 12.6. The molecule has 0 saturated heterocycles. The second-order valence-electron chi connectivity index (χ2n) is 2.07. The molecule has 1 rings (SSSR count). The van der Waals surface area contributed by atoms with Crippen molar-refractivity contribution in [3.8, 4) is 0 Å². The van der Waals surface area contributed by atoms with Crippen molar-refractivity contribution < 1.29 is 38.1 Å². The molecule has 0 aliphatic carbocycles. The van der Waals surface area contributed by atoms with Crippen LogP contribution in [0.4, 0.5) is 0 Å². The number of hydrogen-bond donors (Lipinski definition) is 1. The minimum atomic E-state index is -1.58. The molecule has 0 aliphatic rings. The van der Waals surface area contributed by atoms with Crippen LogP contribution in [0.5, 0.6) is 0 Å². The van der Waals surface area contributed by atoms with Gasteiger partial charge in [0, 0.05) is 0 Å². The Morgan fingerprint density at radius 2 is 1.93 bits per heavy atom. The fourth-order valence-electron chi connectivity index (χ4n) is 0.675. The Morgan fingerprint density at radius 3 is 2.36 bits per heavy atom. The van der Waals surface area contributed by atoms with E-state index in [0.717, 1.165) is 0 Å². The second-order valence-corrected chi connectivity index (χ2v) is 7.37. The van der Waals surface area contributed by atoms with Crippen LogP contribution in [0.3, 0.4) is 0 Å². The average molecular weight is 387 g/mol. The van der Waals surface area contributed by atoms with Gasteiger partial charge in [0.05, 0.1) is 0 Å². The second kappa shape index (κ2) is 8.36. The van der Waals surface area contributed by atoms with Gasteiger partial charge in [0.25, 0.3) is 5.09 Å². The van der Waals surface area contributed by atoms with Gasteiger partial charge in [0.2, 0.25) is 0 Å². The minimum Gasteiger partial charge on any atom is -0.328 e.